The predicted octanol–water partition coefficient (Wildman–Crippen LogP) is 0.759. The van der Waals surface area contributed by atoms with Crippen molar-refractivity contribution >= 4 is 33.4 Å². The fourth-order valence-electron chi connectivity index (χ4n) is 1.48. The molecular formula is C13H21N3O3S2. The molecule has 0 aliphatic carbocycles. The third-order valence-electron chi connectivity index (χ3n) is 2.64. The van der Waals surface area contributed by atoms with Crippen LogP contribution in [0.3, 0.4) is 0 Å². The summed E-state index contributed by atoms with van der Waals surface area (Å²) in [5, 5.41) is 0. The second-order valence-electron chi connectivity index (χ2n) is 4.67. The molecular weight excluding hydrogens is 310 g/mol. The zero-order valence-electron chi connectivity index (χ0n) is 12.2. The average molecular weight is 331 g/mol. The van der Waals surface area contributed by atoms with Crippen molar-refractivity contribution in [3.05, 3.63) is 24.3 Å². The largest absolute Gasteiger partial charge is 0.399 e. The molecule has 1 aromatic carbocycles. The van der Waals surface area contributed by atoms with E-state index in [4.69, 9.17) is 5.73 Å². The summed E-state index contributed by atoms with van der Waals surface area (Å²) in [6.45, 7) is 0.127. The number of nitrogens with two attached hydrogens (primary N) is 1. The van der Waals surface area contributed by atoms with Crippen LogP contribution < -0.4 is 10.5 Å². The molecule has 0 heterocycles. The van der Waals surface area contributed by atoms with E-state index < -0.39 is 10.0 Å². The number of nitrogen functional groups attached to an aromatic ring is 1. The van der Waals surface area contributed by atoms with Crippen LogP contribution in [0.5, 0.6) is 0 Å². The van der Waals surface area contributed by atoms with Crippen LogP contribution in [0.4, 0.5) is 5.69 Å². The van der Waals surface area contributed by atoms with Crippen molar-refractivity contribution < 1.29 is 13.2 Å². The number of carbonyl (C=O) groups is 1. The molecule has 0 aromatic heterocycles. The first kappa shape index (κ1) is 17.8. The van der Waals surface area contributed by atoms with Crippen LogP contribution >= 0.6 is 11.8 Å². The zero-order valence-corrected chi connectivity index (χ0v) is 13.8. The predicted molar refractivity (Wildman–Crippen MR) is 86.7 cm³/mol. The summed E-state index contributed by atoms with van der Waals surface area (Å²) in [7, 11) is -0.0802. The minimum atomic E-state index is -3.36. The first-order valence-electron chi connectivity index (χ1n) is 6.46. The summed E-state index contributed by atoms with van der Waals surface area (Å²) < 4.78 is 26.0. The van der Waals surface area contributed by atoms with E-state index in [1.807, 2.05) is 12.1 Å². The Bertz CT molecular complexity index is 574. The summed E-state index contributed by atoms with van der Waals surface area (Å²) in [5.41, 5.74) is 6.31. The summed E-state index contributed by atoms with van der Waals surface area (Å²) in [6, 6.07) is 7.30. The van der Waals surface area contributed by atoms with Crippen LogP contribution in [0.1, 0.15) is 6.42 Å². The van der Waals surface area contributed by atoms with Gasteiger partial charge in [-0.1, -0.05) is 6.07 Å². The van der Waals surface area contributed by atoms with E-state index in [9.17, 15) is 13.2 Å². The molecule has 3 N–H and O–H groups in total. The van der Waals surface area contributed by atoms with E-state index in [1.54, 1.807) is 26.2 Å². The molecule has 0 saturated carbocycles. The number of hydrogen-bond acceptors (Lipinski definition) is 5. The summed E-state index contributed by atoms with van der Waals surface area (Å²) >= 11 is 1.43. The third kappa shape index (κ3) is 7.35. The Hall–Kier alpha value is -1.25. The minimum absolute atomic E-state index is 0.00260. The molecule has 1 rings (SSSR count). The van der Waals surface area contributed by atoms with Gasteiger partial charge in [0.2, 0.25) is 15.9 Å². The lowest BCUT2D eigenvalue weighted by Gasteiger charge is -2.10. The number of hydrogen-bond donors (Lipinski definition) is 2. The molecule has 0 atom stereocenters. The first-order valence-corrected chi connectivity index (χ1v) is 9.10. The van der Waals surface area contributed by atoms with Gasteiger partial charge in [0.15, 0.2) is 0 Å². The highest BCUT2D eigenvalue weighted by Gasteiger charge is 2.11. The van der Waals surface area contributed by atoms with Gasteiger partial charge in [-0.2, -0.15) is 0 Å². The molecule has 1 amide bonds. The smallest absolute Gasteiger partial charge is 0.223 e. The number of carbonyl (C=O) groups excluding carboxylic acids is 1. The van der Waals surface area contributed by atoms with Crippen LogP contribution in [0.25, 0.3) is 0 Å². The van der Waals surface area contributed by atoms with E-state index in [0.29, 0.717) is 11.4 Å². The monoisotopic (exact) mass is 331 g/mol. The summed E-state index contributed by atoms with van der Waals surface area (Å²) in [4.78, 5) is 13.7. The molecule has 8 heteroatoms. The maximum atomic E-state index is 11.8. The van der Waals surface area contributed by atoms with E-state index in [-0.39, 0.29) is 24.6 Å². The number of benzene rings is 1. The van der Waals surface area contributed by atoms with Crippen LogP contribution in [0, 0.1) is 0 Å². The lowest BCUT2D eigenvalue weighted by molar-refractivity contribution is -0.128. The molecule has 0 aliphatic heterocycles. The molecule has 1 aromatic rings. The van der Waals surface area contributed by atoms with Gasteiger partial charge in [0.05, 0.1) is 5.75 Å². The zero-order chi connectivity index (χ0) is 15.9. The quantitative estimate of drug-likeness (QED) is 0.542. The maximum absolute atomic E-state index is 11.8. The number of nitrogens with one attached hydrogen (secondary N) is 1. The minimum Gasteiger partial charge on any atom is -0.399 e. The second kappa shape index (κ2) is 8.26. The molecule has 0 bridgehead atoms. The van der Waals surface area contributed by atoms with Gasteiger partial charge >= 0.3 is 0 Å². The van der Waals surface area contributed by atoms with Gasteiger partial charge in [-0.25, -0.2) is 13.1 Å². The van der Waals surface area contributed by atoms with Crippen LogP contribution in [-0.2, 0) is 14.8 Å². The number of thioether (sulfide) groups is 1. The highest BCUT2D eigenvalue weighted by atomic mass is 32.2. The fraction of sp³-hybridized carbons (Fsp3) is 0.462. The summed E-state index contributed by atoms with van der Waals surface area (Å²) in [6.07, 6.45) is 0.161. The highest BCUT2D eigenvalue weighted by Crippen LogP contribution is 2.20. The molecule has 0 aliphatic rings. The third-order valence-corrected chi connectivity index (χ3v) is 5.28. The van der Waals surface area contributed by atoms with E-state index in [1.165, 1.54) is 16.7 Å². The molecule has 21 heavy (non-hydrogen) atoms. The second-order valence-corrected chi connectivity index (χ2v) is 7.77. The Morgan fingerprint density at radius 2 is 2.10 bits per heavy atom. The Morgan fingerprint density at radius 3 is 2.71 bits per heavy atom. The van der Waals surface area contributed by atoms with Crippen molar-refractivity contribution in [1.82, 2.24) is 9.62 Å². The van der Waals surface area contributed by atoms with Gasteiger partial charge < -0.3 is 10.6 Å². The first-order chi connectivity index (χ1) is 9.80. The number of anilines is 1. The topological polar surface area (TPSA) is 92.5 Å². The van der Waals surface area contributed by atoms with Crippen molar-refractivity contribution in [3.63, 3.8) is 0 Å². The van der Waals surface area contributed by atoms with Gasteiger partial charge in [-0.05, 0) is 18.2 Å². The van der Waals surface area contributed by atoms with Crippen molar-refractivity contribution in [2.24, 2.45) is 0 Å². The molecule has 0 saturated heterocycles. The van der Waals surface area contributed by atoms with Gasteiger partial charge in [0.25, 0.3) is 0 Å². The maximum Gasteiger partial charge on any atom is 0.223 e. The summed E-state index contributed by atoms with van der Waals surface area (Å²) in [5.74, 6) is 0.329. The number of sulfonamides is 1. The Labute approximate surface area is 130 Å². The van der Waals surface area contributed by atoms with Gasteiger partial charge in [-0.15, -0.1) is 11.8 Å². The van der Waals surface area contributed by atoms with Gasteiger partial charge in [-0.3, -0.25) is 4.79 Å². The Morgan fingerprint density at radius 1 is 1.38 bits per heavy atom. The number of amides is 1. The van der Waals surface area contributed by atoms with Crippen molar-refractivity contribution in [1.29, 1.82) is 0 Å². The molecule has 0 unspecified atom stereocenters. The fourth-order valence-corrected chi connectivity index (χ4v) is 3.88. The van der Waals surface area contributed by atoms with Crippen molar-refractivity contribution in [2.45, 2.75) is 11.3 Å². The number of rotatable bonds is 8. The van der Waals surface area contributed by atoms with E-state index in [2.05, 4.69) is 4.72 Å². The van der Waals surface area contributed by atoms with Crippen LogP contribution in [-0.4, -0.2) is 51.4 Å². The molecule has 6 nitrogen and oxygen atoms in total. The number of nitrogens with zero attached hydrogens (tertiary/aromatic N) is 1. The highest BCUT2D eigenvalue weighted by molar-refractivity contribution is 8.00. The average Bonchev–Trinajstić information content (AvgIpc) is 2.38. The lowest BCUT2D eigenvalue weighted by Crippen LogP contribution is -2.32. The van der Waals surface area contributed by atoms with Crippen molar-refractivity contribution in [2.75, 3.05) is 37.9 Å². The molecule has 0 spiro atoms. The van der Waals surface area contributed by atoms with E-state index in [0.717, 1.165) is 4.90 Å². The molecule has 0 fully saturated rings. The standard InChI is InChI=1S/C13H21N3O3S2/c1-16(2)13(17)6-7-15-21(18,19)9-8-20-12-5-3-4-11(14)10-12/h3-5,10,15H,6-9,14H2,1-2H3. The van der Waals surface area contributed by atoms with Gasteiger partial charge in [0.1, 0.15) is 0 Å². The molecule has 0 radical (unpaired) electrons. The van der Waals surface area contributed by atoms with E-state index >= 15 is 0 Å². The van der Waals surface area contributed by atoms with Crippen molar-refractivity contribution in [3.8, 4) is 0 Å². The normalized spacial score (nSPS) is 11.3. The van der Waals surface area contributed by atoms with Crippen LogP contribution in [0.2, 0.25) is 0 Å². The Balaban J connectivity index is 2.31. The Kier molecular flexibility index (Phi) is 7.00. The lowest BCUT2D eigenvalue weighted by atomic mass is 10.3. The van der Waals surface area contributed by atoms with Crippen LogP contribution in [0.15, 0.2) is 29.2 Å². The van der Waals surface area contributed by atoms with Gasteiger partial charge in [0, 0.05) is 43.4 Å². The SMILES string of the molecule is CN(C)C(=O)CCNS(=O)(=O)CCSc1cccc(N)c1. The molecule has 118 valence electrons.